The molecule has 1 amide bonds. The maximum atomic E-state index is 13.3. The molecular formula is C26H25Br2NO5. The van der Waals surface area contributed by atoms with Crippen LogP contribution >= 0.6 is 31.9 Å². The van der Waals surface area contributed by atoms with E-state index in [4.69, 9.17) is 14.2 Å². The Hall–Kier alpha value is -2.84. The van der Waals surface area contributed by atoms with E-state index in [-0.39, 0.29) is 19.1 Å². The van der Waals surface area contributed by atoms with Gasteiger partial charge >= 0.3 is 5.97 Å². The molecule has 6 nitrogen and oxygen atoms in total. The van der Waals surface area contributed by atoms with Gasteiger partial charge in [-0.2, -0.15) is 0 Å². The molecule has 0 heterocycles. The van der Waals surface area contributed by atoms with Gasteiger partial charge in [0, 0.05) is 11.3 Å². The van der Waals surface area contributed by atoms with Crippen LogP contribution in [0.25, 0.3) is 0 Å². The summed E-state index contributed by atoms with van der Waals surface area (Å²) in [5.74, 6) is 1.18. The highest BCUT2D eigenvalue weighted by Crippen LogP contribution is 2.41. The number of methoxy groups -OCH3 is 1. The highest BCUT2D eigenvalue weighted by molar-refractivity contribution is 9.11. The Morgan fingerprint density at radius 3 is 2.21 bits per heavy atom. The molecule has 0 atom stereocenters. The number of halogens is 2. The van der Waals surface area contributed by atoms with E-state index in [0.29, 0.717) is 31.7 Å². The van der Waals surface area contributed by atoms with Gasteiger partial charge in [0.15, 0.2) is 5.75 Å². The lowest BCUT2D eigenvalue weighted by molar-refractivity contribution is -0.141. The molecule has 0 radical (unpaired) electrons. The third-order valence-corrected chi connectivity index (χ3v) is 6.18. The van der Waals surface area contributed by atoms with Crippen LogP contribution in [0.5, 0.6) is 17.2 Å². The topological polar surface area (TPSA) is 65.1 Å². The summed E-state index contributed by atoms with van der Waals surface area (Å²) < 4.78 is 17.8. The number of carbonyl (C=O) groups excluding carboxylic acids is 2. The van der Waals surface area contributed by atoms with Crippen molar-refractivity contribution >= 4 is 49.4 Å². The second-order valence-electron chi connectivity index (χ2n) is 7.23. The predicted molar refractivity (Wildman–Crippen MR) is 139 cm³/mol. The molecule has 0 unspecified atom stereocenters. The predicted octanol–water partition coefficient (Wildman–Crippen LogP) is 6.78. The molecule has 178 valence electrons. The highest BCUT2D eigenvalue weighted by Gasteiger charge is 2.23. The largest absolute Gasteiger partial charge is 0.496 e. The quantitative estimate of drug-likeness (QED) is 0.257. The first-order chi connectivity index (χ1) is 16.4. The van der Waals surface area contributed by atoms with Crippen LogP contribution < -0.4 is 14.4 Å². The van der Waals surface area contributed by atoms with Crippen molar-refractivity contribution in [2.24, 2.45) is 0 Å². The minimum absolute atomic E-state index is 0.223. The van der Waals surface area contributed by atoms with Gasteiger partial charge < -0.3 is 14.2 Å². The van der Waals surface area contributed by atoms with Gasteiger partial charge in [-0.3, -0.25) is 14.5 Å². The fraction of sp³-hybridized carbons (Fsp3) is 0.231. The van der Waals surface area contributed by atoms with Gasteiger partial charge in [-0.15, -0.1) is 0 Å². The van der Waals surface area contributed by atoms with Crippen molar-refractivity contribution < 1.29 is 23.8 Å². The fourth-order valence-electron chi connectivity index (χ4n) is 3.37. The van der Waals surface area contributed by atoms with Gasteiger partial charge in [0.1, 0.15) is 18.0 Å². The first-order valence-electron chi connectivity index (χ1n) is 10.7. The summed E-state index contributed by atoms with van der Waals surface area (Å²) in [7, 11) is 1.64. The van der Waals surface area contributed by atoms with Crippen LogP contribution in [0.4, 0.5) is 5.69 Å². The lowest BCUT2D eigenvalue weighted by Crippen LogP contribution is -2.36. The molecule has 0 bridgehead atoms. The van der Waals surface area contributed by atoms with E-state index in [1.807, 2.05) is 31.2 Å². The van der Waals surface area contributed by atoms with Crippen molar-refractivity contribution in [2.75, 3.05) is 25.2 Å². The van der Waals surface area contributed by atoms with Crippen molar-refractivity contribution in [3.05, 3.63) is 80.7 Å². The van der Waals surface area contributed by atoms with Crippen LogP contribution in [0, 0.1) is 0 Å². The smallest absolute Gasteiger partial charge is 0.326 e. The van der Waals surface area contributed by atoms with Gasteiger partial charge in [0.2, 0.25) is 0 Å². The average Bonchev–Trinajstić information content (AvgIpc) is 2.84. The molecule has 0 N–H and O–H groups in total. The first-order valence-corrected chi connectivity index (χ1v) is 12.3. The molecule has 8 heteroatoms. The molecule has 0 aliphatic carbocycles. The monoisotopic (exact) mass is 589 g/mol. The third-order valence-electron chi connectivity index (χ3n) is 5.01. The molecular weight excluding hydrogens is 566 g/mol. The molecule has 0 saturated heterocycles. The molecule has 0 fully saturated rings. The van der Waals surface area contributed by atoms with E-state index in [1.165, 1.54) is 4.90 Å². The number of aryl methyl sites for hydroxylation is 1. The van der Waals surface area contributed by atoms with E-state index >= 15 is 0 Å². The minimum Gasteiger partial charge on any atom is -0.496 e. The van der Waals surface area contributed by atoms with Gasteiger partial charge in [0.25, 0.3) is 5.91 Å². The molecule has 0 aromatic heterocycles. The van der Waals surface area contributed by atoms with Crippen LogP contribution in [0.2, 0.25) is 0 Å². The van der Waals surface area contributed by atoms with Crippen LogP contribution in [0.3, 0.4) is 0 Å². The molecule has 3 rings (SSSR count). The van der Waals surface area contributed by atoms with Crippen molar-refractivity contribution in [2.45, 2.75) is 20.3 Å². The van der Waals surface area contributed by atoms with Crippen LogP contribution in [-0.2, 0) is 16.0 Å². The summed E-state index contributed by atoms with van der Waals surface area (Å²) in [5, 5.41) is 0. The van der Waals surface area contributed by atoms with E-state index in [9.17, 15) is 9.59 Å². The Morgan fingerprint density at radius 2 is 1.62 bits per heavy atom. The second kappa shape index (κ2) is 12.0. The number of carbonyl (C=O) groups is 2. The fourth-order valence-corrected chi connectivity index (χ4v) is 4.69. The Bertz CT molecular complexity index is 1140. The minimum atomic E-state index is -0.496. The maximum Gasteiger partial charge on any atom is 0.326 e. The zero-order valence-corrected chi connectivity index (χ0v) is 22.3. The molecule has 0 spiro atoms. The van der Waals surface area contributed by atoms with Crippen LogP contribution in [-0.4, -0.2) is 32.1 Å². The van der Waals surface area contributed by atoms with E-state index < -0.39 is 5.97 Å². The Kier molecular flexibility index (Phi) is 9.12. The standard InChI is InChI=1S/C26H25Br2NO5/c1-4-17-13-20(11-12-23(17)32-3)34-25-21(27)14-19(15-22(25)28)29(16-24(30)33-5-2)26(31)18-9-7-6-8-10-18/h6-15H,4-5,16H2,1-3H3. The second-order valence-corrected chi connectivity index (χ2v) is 8.94. The van der Waals surface area contributed by atoms with Crippen LogP contribution in [0.1, 0.15) is 29.8 Å². The zero-order chi connectivity index (χ0) is 24.7. The van der Waals surface area contributed by atoms with Crippen molar-refractivity contribution in [3.63, 3.8) is 0 Å². The summed E-state index contributed by atoms with van der Waals surface area (Å²) in [4.78, 5) is 26.9. The summed E-state index contributed by atoms with van der Waals surface area (Å²) in [6, 6.07) is 17.9. The number of anilines is 1. The SMILES string of the molecule is CCOC(=O)CN(C(=O)c1ccccc1)c1cc(Br)c(Oc2ccc(OC)c(CC)c2)c(Br)c1. The number of rotatable bonds is 9. The molecule has 34 heavy (non-hydrogen) atoms. The lowest BCUT2D eigenvalue weighted by atomic mass is 10.1. The summed E-state index contributed by atoms with van der Waals surface area (Å²) in [5.41, 5.74) is 2.00. The van der Waals surface area contributed by atoms with Gasteiger partial charge in [-0.25, -0.2) is 0 Å². The van der Waals surface area contributed by atoms with E-state index in [2.05, 4.69) is 31.9 Å². The summed E-state index contributed by atoms with van der Waals surface area (Å²) in [6.45, 7) is 3.78. The Labute approximate surface area is 216 Å². The number of benzene rings is 3. The molecule has 3 aromatic carbocycles. The van der Waals surface area contributed by atoms with Crippen molar-refractivity contribution in [1.29, 1.82) is 0 Å². The maximum absolute atomic E-state index is 13.3. The summed E-state index contributed by atoms with van der Waals surface area (Å²) >= 11 is 7.11. The number of hydrogen-bond acceptors (Lipinski definition) is 5. The average molecular weight is 591 g/mol. The third kappa shape index (κ3) is 6.18. The molecule has 0 aliphatic rings. The van der Waals surface area contributed by atoms with Crippen molar-refractivity contribution in [3.8, 4) is 17.2 Å². The highest BCUT2D eigenvalue weighted by atomic mass is 79.9. The van der Waals surface area contributed by atoms with Gasteiger partial charge in [0.05, 0.1) is 22.7 Å². The Balaban J connectivity index is 1.96. The number of nitrogens with zero attached hydrogens (tertiary/aromatic N) is 1. The van der Waals surface area contributed by atoms with Gasteiger partial charge in [-0.05, 0) is 93.2 Å². The van der Waals surface area contributed by atoms with E-state index in [0.717, 1.165) is 17.7 Å². The zero-order valence-electron chi connectivity index (χ0n) is 19.1. The molecule has 0 saturated carbocycles. The Morgan fingerprint density at radius 1 is 0.941 bits per heavy atom. The number of ether oxygens (including phenoxy) is 3. The van der Waals surface area contributed by atoms with Gasteiger partial charge in [-0.1, -0.05) is 25.1 Å². The van der Waals surface area contributed by atoms with E-state index in [1.54, 1.807) is 50.4 Å². The van der Waals surface area contributed by atoms with Crippen LogP contribution in [0.15, 0.2) is 69.6 Å². The number of amides is 1. The molecule has 3 aromatic rings. The first kappa shape index (κ1) is 25.8. The molecule has 0 aliphatic heterocycles. The lowest BCUT2D eigenvalue weighted by Gasteiger charge is -2.23. The number of hydrogen-bond donors (Lipinski definition) is 0. The van der Waals surface area contributed by atoms with Crippen molar-refractivity contribution in [1.82, 2.24) is 0 Å². The normalized spacial score (nSPS) is 10.5. The number of esters is 1. The summed E-state index contributed by atoms with van der Waals surface area (Å²) in [6.07, 6.45) is 0.798.